The van der Waals surface area contributed by atoms with Crippen LogP contribution in [0.25, 0.3) is 16.7 Å². The van der Waals surface area contributed by atoms with E-state index in [0.717, 1.165) is 33.2 Å². The number of hydrogen-bond acceptors (Lipinski definition) is 5. The molecule has 0 aliphatic rings. The van der Waals surface area contributed by atoms with Crippen LogP contribution in [0.3, 0.4) is 0 Å². The van der Waals surface area contributed by atoms with Gasteiger partial charge in [0.1, 0.15) is 17.4 Å². The van der Waals surface area contributed by atoms with Gasteiger partial charge in [0.2, 0.25) is 0 Å². The smallest absolute Gasteiger partial charge is 0.263 e. The highest BCUT2D eigenvalue weighted by Crippen LogP contribution is 2.27. The Morgan fingerprint density at radius 3 is 2.55 bits per heavy atom. The molecule has 0 saturated heterocycles. The van der Waals surface area contributed by atoms with Gasteiger partial charge in [-0.15, -0.1) is 0 Å². The van der Waals surface area contributed by atoms with Crippen molar-refractivity contribution in [1.29, 1.82) is 5.26 Å². The number of benzene rings is 2. The quantitative estimate of drug-likeness (QED) is 0.443. The lowest BCUT2D eigenvalue weighted by molar-refractivity contribution is -0.118. The number of carbonyl (C=O) groups is 1. The second-order valence-electron chi connectivity index (χ2n) is 7.91. The highest BCUT2D eigenvalue weighted by atomic mass is 35.5. The first kappa shape index (κ1) is 22.3. The summed E-state index contributed by atoms with van der Waals surface area (Å²) in [6.07, 6.45) is 1.40. The fourth-order valence-electron chi connectivity index (χ4n) is 3.68. The molecule has 166 valence electrons. The maximum absolute atomic E-state index is 12.7. The Balaban J connectivity index is 1.62. The maximum atomic E-state index is 12.7. The maximum Gasteiger partial charge on any atom is 0.263 e. The molecule has 0 fully saturated rings. The fraction of sp³-hybridized carbons (Fsp3) is 0.200. The molecule has 0 bridgehead atoms. The van der Waals surface area contributed by atoms with Crippen LogP contribution in [0.15, 0.2) is 42.6 Å². The minimum absolute atomic E-state index is 0.228. The highest BCUT2D eigenvalue weighted by Gasteiger charge is 2.18. The first-order chi connectivity index (χ1) is 15.8. The number of nitriles is 1. The average Bonchev–Trinajstić information content (AvgIpc) is 3.19. The van der Waals surface area contributed by atoms with Crippen LogP contribution < -0.4 is 10.1 Å². The molecular formula is C25H22ClN5O2. The van der Waals surface area contributed by atoms with Gasteiger partial charge >= 0.3 is 0 Å². The van der Waals surface area contributed by atoms with Gasteiger partial charge in [-0.25, -0.2) is 4.98 Å². The molecule has 0 radical (unpaired) electrons. The summed E-state index contributed by atoms with van der Waals surface area (Å²) < 4.78 is 7.11. The van der Waals surface area contributed by atoms with Gasteiger partial charge in [-0.2, -0.15) is 15.0 Å². The van der Waals surface area contributed by atoms with Crippen molar-refractivity contribution in [1.82, 2.24) is 14.8 Å². The van der Waals surface area contributed by atoms with E-state index >= 15 is 0 Å². The molecule has 2 aromatic heterocycles. The summed E-state index contributed by atoms with van der Waals surface area (Å²) in [4.78, 5) is 17.4. The van der Waals surface area contributed by atoms with Gasteiger partial charge < -0.3 is 10.1 Å². The third-order valence-corrected chi connectivity index (χ3v) is 5.98. The van der Waals surface area contributed by atoms with Crippen LogP contribution in [-0.2, 0) is 4.79 Å². The number of rotatable bonds is 5. The number of aryl methyl sites for hydroxylation is 4. The minimum Gasteiger partial charge on any atom is -0.484 e. The molecule has 8 heteroatoms. The molecule has 2 aromatic carbocycles. The molecule has 0 aliphatic heterocycles. The second-order valence-corrected chi connectivity index (χ2v) is 8.28. The molecule has 0 atom stereocenters. The second kappa shape index (κ2) is 8.93. The van der Waals surface area contributed by atoms with Crippen molar-refractivity contribution in [3.05, 3.63) is 75.4 Å². The largest absolute Gasteiger partial charge is 0.484 e. The Bertz CT molecular complexity index is 1410. The lowest BCUT2D eigenvalue weighted by atomic mass is 10.1. The average molecular weight is 460 g/mol. The Hall–Kier alpha value is -3.89. The molecule has 2 heterocycles. The van der Waals surface area contributed by atoms with E-state index in [-0.39, 0.29) is 18.0 Å². The van der Waals surface area contributed by atoms with E-state index in [2.05, 4.69) is 16.5 Å². The van der Waals surface area contributed by atoms with Crippen LogP contribution in [-0.4, -0.2) is 27.3 Å². The summed E-state index contributed by atoms with van der Waals surface area (Å²) in [5.41, 5.74) is 4.84. The Kier molecular flexibility index (Phi) is 6.03. The van der Waals surface area contributed by atoms with Gasteiger partial charge in [0.15, 0.2) is 18.2 Å². The minimum atomic E-state index is -0.424. The predicted octanol–water partition coefficient (Wildman–Crippen LogP) is 5.20. The zero-order valence-corrected chi connectivity index (χ0v) is 19.5. The molecule has 1 amide bonds. The van der Waals surface area contributed by atoms with Crippen LogP contribution in [0.2, 0.25) is 5.02 Å². The van der Waals surface area contributed by atoms with Gasteiger partial charge in [0.05, 0.1) is 11.7 Å². The fourth-order valence-corrected chi connectivity index (χ4v) is 3.79. The van der Waals surface area contributed by atoms with Crippen molar-refractivity contribution in [2.45, 2.75) is 27.7 Å². The van der Waals surface area contributed by atoms with E-state index in [9.17, 15) is 10.1 Å². The highest BCUT2D eigenvalue weighted by molar-refractivity contribution is 6.32. The molecule has 7 nitrogen and oxygen atoms in total. The molecule has 33 heavy (non-hydrogen) atoms. The van der Waals surface area contributed by atoms with Crippen LogP contribution >= 0.6 is 11.6 Å². The Labute approximate surface area is 196 Å². The molecule has 0 spiro atoms. The van der Waals surface area contributed by atoms with Crippen molar-refractivity contribution in [2.24, 2.45) is 0 Å². The monoisotopic (exact) mass is 459 g/mol. The Morgan fingerprint density at radius 1 is 1.12 bits per heavy atom. The van der Waals surface area contributed by atoms with Gasteiger partial charge in [0, 0.05) is 10.4 Å². The van der Waals surface area contributed by atoms with Crippen molar-refractivity contribution < 1.29 is 9.53 Å². The standard InChI is InChI=1S/C25H22ClN5O2/c1-14-6-5-7-20-15(2)10-21(29-24(14)20)31-25(18(11-27)12-28-31)30-22(32)13-33-19-8-16(3)23(26)17(4)9-19/h5-10,12H,13H2,1-4H3,(H,30,32). The van der Waals surface area contributed by atoms with Crippen LogP contribution in [0.4, 0.5) is 5.82 Å². The van der Waals surface area contributed by atoms with E-state index in [1.807, 2.05) is 52.0 Å². The van der Waals surface area contributed by atoms with E-state index in [0.29, 0.717) is 16.6 Å². The van der Waals surface area contributed by atoms with E-state index in [1.54, 1.807) is 12.1 Å². The third kappa shape index (κ3) is 4.38. The summed E-state index contributed by atoms with van der Waals surface area (Å²) in [6.45, 7) is 7.49. The Morgan fingerprint density at radius 2 is 1.85 bits per heavy atom. The molecule has 0 aliphatic carbocycles. The van der Waals surface area contributed by atoms with Crippen LogP contribution in [0, 0.1) is 39.0 Å². The number of ether oxygens (including phenoxy) is 1. The van der Waals surface area contributed by atoms with Gasteiger partial charge in [-0.05, 0) is 68.1 Å². The number of amides is 1. The summed E-state index contributed by atoms with van der Waals surface area (Å²) in [6, 6.07) is 13.5. The van der Waals surface area contributed by atoms with Gasteiger partial charge in [-0.1, -0.05) is 29.8 Å². The number of pyridine rings is 1. The summed E-state index contributed by atoms with van der Waals surface area (Å²) in [5, 5.41) is 18.3. The first-order valence-corrected chi connectivity index (χ1v) is 10.7. The number of nitrogens with one attached hydrogen (secondary N) is 1. The van der Waals surface area contributed by atoms with Crippen LogP contribution in [0.1, 0.15) is 27.8 Å². The summed E-state index contributed by atoms with van der Waals surface area (Å²) >= 11 is 6.19. The lowest BCUT2D eigenvalue weighted by Gasteiger charge is -2.13. The van der Waals surface area contributed by atoms with Crippen LogP contribution in [0.5, 0.6) is 5.75 Å². The molecule has 1 N–H and O–H groups in total. The molecule has 0 saturated carbocycles. The number of halogens is 1. The molecule has 4 rings (SSSR count). The van der Waals surface area contributed by atoms with Gasteiger partial charge in [0.25, 0.3) is 5.91 Å². The zero-order chi connectivity index (χ0) is 23.7. The third-order valence-electron chi connectivity index (χ3n) is 5.38. The lowest BCUT2D eigenvalue weighted by Crippen LogP contribution is -2.22. The first-order valence-electron chi connectivity index (χ1n) is 10.3. The van der Waals surface area contributed by atoms with E-state index in [4.69, 9.17) is 21.3 Å². The molecular weight excluding hydrogens is 438 g/mol. The normalized spacial score (nSPS) is 10.8. The number of aromatic nitrogens is 3. The molecule has 0 unspecified atom stereocenters. The summed E-state index contributed by atoms with van der Waals surface area (Å²) in [5.74, 6) is 0.874. The SMILES string of the molecule is Cc1cc(OCC(=O)Nc2c(C#N)cnn2-c2cc(C)c3cccc(C)c3n2)cc(C)c1Cl. The molecule has 4 aromatic rings. The number of hydrogen-bond donors (Lipinski definition) is 1. The van der Waals surface area contributed by atoms with Crippen molar-refractivity contribution in [3.63, 3.8) is 0 Å². The number of carbonyl (C=O) groups excluding carboxylic acids is 1. The number of anilines is 1. The predicted molar refractivity (Wildman–Crippen MR) is 128 cm³/mol. The van der Waals surface area contributed by atoms with Gasteiger partial charge in [-0.3, -0.25) is 4.79 Å². The number of para-hydroxylation sites is 1. The summed E-state index contributed by atoms with van der Waals surface area (Å²) in [7, 11) is 0. The zero-order valence-electron chi connectivity index (χ0n) is 18.7. The number of nitrogens with zero attached hydrogens (tertiary/aromatic N) is 4. The van der Waals surface area contributed by atoms with Crippen molar-refractivity contribution in [2.75, 3.05) is 11.9 Å². The van der Waals surface area contributed by atoms with E-state index in [1.165, 1.54) is 10.9 Å². The number of fused-ring (bicyclic) bond motifs is 1. The topological polar surface area (TPSA) is 92.8 Å². The van der Waals surface area contributed by atoms with Crippen molar-refractivity contribution in [3.8, 4) is 17.6 Å². The van der Waals surface area contributed by atoms with E-state index < -0.39 is 5.91 Å². The van der Waals surface area contributed by atoms with Crippen molar-refractivity contribution >= 4 is 34.2 Å².